The number of hydrogen-bond donors (Lipinski definition) is 0. The van der Waals surface area contributed by atoms with Gasteiger partial charge in [0.2, 0.25) is 5.89 Å². The highest BCUT2D eigenvalue weighted by Crippen LogP contribution is 2.38. The molecule has 0 saturated heterocycles. The highest BCUT2D eigenvalue weighted by molar-refractivity contribution is 7.21. The Balaban J connectivity index is 1.31. The van der Waals surface area contributed by atoms with Crippen molar-refractivity contribution in [3.63, 3.8) is 0 Å². The zero-order valence-corrected chi connectivity index (χ0v) is 21.5. The van der Waals surface area contributed by atoms with Crippen molar-refractivity contribution in [2.75, 3.05) is 0 Å². The van der Waals surface area contributed by atoms with Gasteiger partial charge in [0.25, 0.3) is 0 Å². The Morgan fingerprint density at radius 2 is 1.54 bits per heavy atom. The van der Waals surface area contributed by atoms with E-state index in [1.54, 1.807) is 23.8 Å². The lowest BCUT2D eigenvalue weighted by Gasteiger charge is -2.10. The minimum Gasteiger partial charge on any atom is -0.445 e. The Morgan fingerprint density at radius 1 is 0.641 bits per heavy atom. The first-order valence-electron chi connectivity index (χ1n) is 12.7. The molecule has 184 valence electrons. The smallest absolute Gasteiger partial charge is 0.225 e. The van der Waals surface area contributed by atoms with E-state index in [9.17, 15) is 0 Å². The van der Waals surface area contributed by atoms with Crippen molar-refractivity contribution in [3.05, 3.63) is 122 Å². The van der Waals surface area contributed by atoms with E-state index in [4.69, 9.17) is 9.40 Å². The first-order chi connectivity index (χ1) is 19.3. The number of hydrogen-bond acceptors (Lipinski definition) is 5. The third-order valence-corrected chi connectivity index (χ3v) is 8.14. The molecule has 8 aromatic rings. The van der Waals surface area contributed by atoms with E-state index in [1.807, 2.05) is 36.5 Å². The lowest BCUT2D eigenvalue weighted by molar-refractivity contribution is 0.574. The third kappa shape index (κ3) is 3.65. The monoisotopic (exact) mass is 520 g/mol. The lowest BCUT2D eigenvalue weighted by Crippen LogP contribution is -1.95. The predicted octanol–water partition coefficient (Wildman–Crippen LogP) is 8.78. The normalized spacial score (nSPS) is 11.6. The van der Waals surface area contributed by atoms with E-state index in [-0.39, 0.29) is 0 Å². The quantitative estimate of drug-likeness (QED) is 0.233. The van der Waals surface area contributed by atoms with Gasteiger partial charge in [-0.3, -0.25) is 4.98 Å². The molecule has 6 heteroatoms. The number of pyridine rings is 1. The number of oxazole rings is 1. The van der Waals surface area contributed by atoms with Crippen molar-refractivity contribution in [1.82, 2.24) is 19.5 Å². The molecule has 5 nitrogen and oxygen atoms in total. The molecule has 0 aliphatic heterocycles. The fourth-order valence-corrected chi connectivity index (χ4v) is 6.21. The van der Waals surface area contributed by atoms with Gasteiger partial charge in [0.15, 0.2) is 0 Å². The maximum Gasteiger partial charge on any atom is 0.225 e. The van der Waals surface area contributed by atoms with E-state index in [0.29, 0.717) is 5.89 Å². The Morgan fingerprint density at radius 3 is 2.44 bits per heavy atom. The summed E-state index contributed by atoms with van der Waals surface area (Å²) in [7, 11) is 0. The molecule has 0 bridgehead atoms. The van der Waals surface area contributed by atoms with Crippen molar-refractivity contribution < 1.29 is 4.42 Å². The Bertz CT molecular complexity index is 2120. The number of nitrogens with zero attached hydrogens (tertiary/aromatic N) is 4. The molecule has 0 aliphatic carbocycles. The van der Waals surface area contributed by atoms with Gasteiger partial charge in [-0.25, -0.2) is 9.97 Å². The van der Waals surface area contributed by atoms with Crippen molar-refractivity contribution in [2.45, 2.75) is 0 Å². The summed E-state index contributed by atoms with van der Waals surface area (Å²) >= 11 is 1.69. The van der Waals surface area contributed by atoms with Gasteiger partial charge in [0.05, 0.1) is 33.1 Å². The molecule has 0 atom stereocenters. The fraction of sp³-hybridized carbons (Fsp3) is 0. The summed E-state index contributed by atoms with van der Waals surface area (Å²) in [6.07, 6.45) is 5.08. The van der Waals surface area contributed by atoms with Crippen LogP contribution in [-0.4, -0.2) is 19.5 Å². The minimum atomic E-state index is 0.602. The second-order valence-corrected chi connectivity index (χ2v) is 10.4. The van der Waals surface area contributed by atoms with Crippen LogP contribution in [-0.2, 0) is 0 Å². The minimum absolute atomic E-state index is 0.602. The van der Waals surface area contributed by atoms with Gasteiger partial charge in [-0.05, 0) is 54.6 Å². The number of rotatable bonds is 4. The van der Waals surface area contributed by atoms with E-state index in [2.05, 4.69) is 87.3 Å². The van der Waals surface area contributed by atoms with Crippen LogP contribution in [0, 0.1) is 0 Å². The van der Waals surface area contributed by atoms with Crippen LogP contribution in [0.3, 0.4) is 0 Å². The second kappa shape index (κ2) is 8.75. The van der Waals surface area contributed by atoms with E-state index >= 15 is 0 Å². The van der Waals surface area contributed by atoms with E-state index in [1.165, 1.54) is 16.3 Å². The van der Waals surface area contributed by atoms with Crippen LogP contribution in [0.25, 0.3) is 71.0 Å². The van der Waals surface area contributed by atoms with Gasteiger partial charge in [0, 0.05) is 39.3 Å². The topological polar surface area (TPSA) is 56.7 Å². The SMILES string of the molecule is c1ccc(-c2cccc(-n3c4ccccc4c4ccc(-c5nc6cc(-c7ncco7)ccc6s5)cc43)c2)nc1. The van der Waals surface area contributed by atoms with Crippen LogP contribution >= 0.6 is 11.3 Å². The maximum absolute atomic E-state index is 5.49. The predicted molar refractivity (Wildman–Crippen MR) is 158 cm³/mol. The van der Waals surface area contributed by atoms with Gasteiger partial charge in [-0.1, -0.05) is 48.5 Å². The van der Waals surface area contributed by atoms with Gasteiger partial charge >= 0.3 is 0 Å². The summed E-state index contributed by atoms with van der Waals surface area (Å²) in [6.45, 7) is 0. The van der Waals surface area contributed by atoms with Crippen molar-refractivity contribution in [3.8, 4) is 39.0 Å². The molecule has 0 aliphatic rings. The van der Waals surface area contributed by atoms with Crippen LogP contribution in [0.4, 0.5) is 0 Å². The highest BCUT2D eigenvalue weighted by Gasteiger charge is 2.16. The maximum atomic E-state index is 5.49. The molecule has 0 amide bonds. The van der Waals surface area contributed by atoms with Gasteiger partial charge in [-0.15, -0.1) is 11.3 Å². The average Bonchev–Trinajstić information content (AvgIpc) is 3.75. The zero-order chi connectivity index (χ0) is 25.8. The summed E-state index contributed by atoms with van der Waals surface area (Å²) in [5, 5.41) is 3.42. The summed E-state index contributed by atoms with van der Waals surface area (Å²) < 4.78 is 8.96. The molecule has 0 saturated carbocycles. The van der Waals surface area contributed by atoms with Gasteiger partial charge < -0.3 is 8.98 Å². The number of aromatic nitrogens is 4. The van der Waals surface area contributed by atoms with E-state index < -0.39 is 0 Å². The number of fused-ring (bicyclic) bond motifs is 4. The molecular weight excluding hydrogens is 500 g/mol. The third-order valence-electron chi connectivity index (χ3n) is 7.05. The van der Waals surface area contributed by atoms with Crippen LogP contribution in [0.5, 0.6) is 0 Å². The fourth-order valence-electron chi connectivity index (χ4n) is 5.27. The molecule has 39 heavy (non-hydrogen) atoms. The standard InChI is InChI=1S/C33H20N4OS/c1-2-10-29-25(8-1)26-13-11-23(33-36-28-19-22(12-14-31(28)39-33)32-35-16-17-38-32)20-30(26)37(29)24-7-5-6-21(18-24)27-9-3-4-15-34-27/h1-20H. The summed E-state index contributed by atoms with van der Waals surface area (Å²) in [6, 6.07) is 36.0. The number of benzene rings is 4. The van der Waals surface area contributed by atoms with Crippen LogP contribution < -0.4 is 0 Å². The molecule has 0 fully saturated rings. The van der Waals surface area contributed by atoms with Crippen molar-refractivity contribution in [1.29, 1.82) is 0 Å². The zero-order valence-electron chi connectivity index (χ0n) is 20.7. The first kappa shape index (κ1) is 22.0. The highest BCUT2D eigenvalue weighted by atomic mass is 32.1. The second-order valence-electron chi connectivity index (χ2n) is 9.39. The Labute approximate surface area is 227 Å². The largest absolute Gasteiger partial charge is 0.445 e. The molecule has 0 unspecified atom stereocenters. The Kier molecular flexibility index (Phi) is 4.93. The summed E-state index contributed by atoms with van der Waals surface area (Å²) in [5.41, 5.74) is 8.41. The number of thiazole rings is 1. The van der Waals surface area contributed by atoms with Gasteiger partial charge in [0.1, 0.15) is 11.3 Å². The Hall–Kier alpha value is -5.07. The van der Waals surface area contributed by atoms with Crippen molar-refractivity contribution >= 4 is 43.4 Å². The molecular formula is C33H20N4OS. The number of para-hydroxylation sites is 1. The molecule has 4 aromatic carbocycles. The lowest BCUT2D eigenvalue weighted by atomic mass is 10.1. The average molecular weight is 521 g/mol. The molecule has 4 aromatic heterocycles. The molecule has 8 rings (SSSR count). The summed E-state index contributed by atoms with van der Waals surface area (Å²) in [5.74, 6) is 0.602. The van der Waals surface area contributed by atoms with E-state index in [0.717, 1.165) is 48.8 Å². The van der Waals surface area contributed by atoms with Crippen molar-refractivity contribution in [2.24, 2.45) is 0 Å². The molecule has 0 radical (unpaired) electrons. The molecule has 4 heterocycles. The van der Waals surface area contributed by atoms with Gasteiger partial charge in [-0.2, -0.15) is 0 Å². The van der Waals surface area contributed by atoms with Crippen LogP contribution in [0.1, 0.15) is 0 Å². The van der Waals surface area contributed by atoms with Crippen LogP contribution in [0.15, 0.2) is 126 Å². The van der Waals surface area contributed by atoms with Crippen LogP contribution in [0.2, 0.25) is 0 Å². The first-order valence-corrected chi connectivity index (χ1v) is 13.5. The molecule has 0 N–H and O–H groups in total. The molecule has 0 spiro atoms. The summed E-state index contributed by atoms with van der Waals surface area (Å²) in [4.78, 5) is 13.8.